The molecule has 0 N–H and O–H groups in total. The monoisotopic (exact) mass is 276 g/mol. The molecule has 0 bridgehead atoms. The van der Waals surface area contributed by atoms with Crippen LogP contribution in [-0.4, -0.2) is 0 Å². The van der Waals surface area contributed by atoms with Gasteiger partial charge in [0.05, 0.1) is 0 Å². The fourth-order valence-corrected chi connectivity index (χ4v) is 3.28. The van der Waals surface area contributed by atoms with Gasteiger partial charge in [0.15, 0.2) is 0 Å². The summed E-state index contributed by atoms with van der Waals surface area (Å²) in [6.07, 6.45) is 9.87. The zero-order valence-electron chi connectivity index (χ0n) is 12.9. The lowest BCUT2D eigenvalue weighted by Gasteiger charge is -2.12. The van der Waals surface area contributed by atoms with Gasteiger partial charge in [0.2, 0.25) is 0 Å². The summed E-state index contributed by atoms with van der Waals surface area (Å²) in [5.41, 5.74) is 7.33. The molecule has 0 atom stereocenters. The molecule has 0 amide bonds. The molecular formula is C21H24. The summed E-state index contributed by atoms with van der Waals surface area (Å²) in [5, 5.41) is 0. The Morgan fingerprint density at radius 2 is 1.38 bits per heavy atom. The molecular weight excluding hydrogens is 252 g/mol. The van der Waals surface area contributed by atoms with E-state index in [-0.39, 0.29) is 0 Å². The van der Waals surface area contributed by atoms with Crippen LogP contribution in [0.5, 0.6) is 0 Å². The Labute approximate surface area is 128 Å². The maximum atomic E-state index is 2.47. The minimum atomic E-state index is 1.15. The smallest absolute Gasteiger partial charge is 0.0146 e. The SMILES string of the molecule is CCCCCC=C1c2ccccc2CCc2ccccc21. The van der Waals surface area contributed by atoms with Gasteiger partial charge in [-0.1, -0.05) is 74.4 Å². The Morgan fingerprint density at radius 3 is 1.95 bits per heavy atom. The fourth-order valence-electron chi connectivity index (χ4n) is 3.28. The molecule has 0 aromatic heterocycles. The van der Waals surface area contributed by atoms with Gasteiger partial charge in [0.1, 0.15) is 0 Å². The van der Waals surface area contributed by atoms with Gasteiger partial charge in [-0.25, -0.2) is 0 Å². The minimum Gasteiger partial charge on any atom is -0.0760 e. The molecule has 0 fully saturated rings. The van der Waals surface area contributed by atoms with Crippen molar-refractivity contribution in [1.29, 1.82) is 0 Å². The molecule has 1 aliphatic rings. The lowest BCUT2D eigenvalue weighted by Crippen LogP contribution is -1.92. The van der Waals surface area contributed by atoms with E-state index in [1.807, 2.05) is 0 Å². The topological polar surface area (TPSA) is 0 Å². The average molecular weight is 276 g/mol. The average Bonchev–Trinajstić information content (AvgIpc) is 2.69. The normalized spacial score (nSPS) is 13.3. The van der Waals surface area contributed by atoms with Crippen LogP contribution in [-0.2, 0) is 12.8 Å². The quantitative estimate of drug-likeness (QED) is 0.619. The van der Waals surface area contributed by atoms with Crippen molar-refractivity contribution in [3.8, 4) is 0 Å². The molecule has 1 aliphatic carbocycles. The van der Waals surface area contributed by atoms with Crippen molar-refractivity contribution in [3.05, 3.63) is 76.9 Å². The maximum Gasteiger partial charge on any atom is -0.0146 e. The van der Waals surface area contributed by atoms with E-state index in [0.717, 1.165) is 12.8 Å². The van der Waals surface area contributed by atoms with Gasteiger partial charge in [0.25, 0.3) is 0 Å². The summed E-state index contributed by atoms with van der Waals surface area (Å²) in [7, 11) is 0. The van der Waals surface area contributed by atoms with Crippen LogP contribution in [0.15, 0.2) is 54.6 Å². The van der Waals surface area contributed by atoms with Crippen LogP contribution < -0.4 is 0 Å². The third-order valence-corrected chi connectivity index (χ3v) is 4.43. The van der Waals surface area contributed by atoms with Crippen molar-refractivity contribution in [2.45, 2.75) is 45.4 Å². The first-order chi connectivity index (χ1) is 10.4. The van der Waals surface area contributed by atoms with Crippen LogP contribution in [0, 0.1) is 0 Å². The predicted molar refractivity (Wildman–Crippen MR) is 91.5 cm³/mol. The Bertz CT molecular complexity index is 584. The Morgan fingerprint density at radius 1 is 0.810 bits per heavy atom. The highest BCUT2D eigenvalue weighted by atomic mass is 14.2. The van der Waals surface area contributed by atoms with Gasteiger partial charge in [-0.2, -0.15) is 0 Å². The lowest BCUT2D eigenvalue weighted by atomic mass is 9.93. The molecule has 108 valence electrons. The van der Waals surface area contributed by atoms with E-state index >= 15 is 0 Å². The van der Waals surface area contributed by atoms with Crippen LogP contribution in [0.25, 0.3) is 5.57 Å². The van der Waals surface area contributed by atoms with E-state index in [2.05, 4.69) is 61.5 Å². The second-order valence-corrected chi connectivity index (χ2v) is 5.93. The molecule has 0 heteroatoms. The number of benzene rings is 2. The number of allylic oxidation sites excluding steroid dienone is 1. The van der Waals surface area contributed by atoms with Crippen molar-refractivity contribution in [2.24, 2.45) is 0 Å². The van der Waals surface area contributed by atoms with E-state index in [1.54, 1.807) is 0 Å². The highest BCUT2D eigenvalue weighted by molar-refractivity contribution is 5.83. The van der Waals surface area contributed by atoms with Gasteiger partial charge in [-0.3, -0.25) is 0 Å². The number of rotatable bonds is 4. The summed E-state index contributed by atoms with van der Waals surface area (Å²) < 4.78 is 0. The van der Waals surface area contributed by atoms with Crippen molar-refractivity contribution >= 4 is 5.57 Å². The van der Waals surface area contributed by atoms with Gasteiger partial charge in [-0.05, 0) is 53.5 Å². The molecule has 0 nitrogen and oxygen atoms in total. The number of aryl methyl sites for hydroxylation is 2. The van der Waals surface area contributed by atoms with E-state index in [9.17, 15) is 0 Å². The summed E-state index contributed by atoms with van der Waals surface area (Å²) in [6.45, 7) is 2.27. The zero-order chi connectivity index (χ0) is 14.5. The minimum absolute atomic E-state index is 1.15. The Balaban J connectivity index is 2.03. The van der Waals surface area contributed by atoms with Crippen LogP contribution in [0.2, 0.25) is 0 Å². The first-order valence-corrected chi connectivity index (χ1v) is 8.27. The predicted octanol–water partition coefficient (Wildman–Crippen LogP) is 5.80. The van der Waals surface area contributed by atoms with Crippen LogP contribution in [0.3, 0.4) is 0 Å². The van der Waals surface area contributed by atoms with Crippen molar-refractivity contribution < 1.29 is 0 Å². The molecule has 0 radical (unpaired) electrons. The summed E-state index contributed by atoms with van der Waals surface area (Å²) in [4.78, 5) is 0. The van der Waals surface area contributed by atoms with E-state index in [1.165, 1.54) is 53.5 Å². The molecule has 2 aromatic rings. The highest BCUT2D eigenvalue weighted by Gasteiger charge is 2.16. The van der Waals surface area contributed by atoms with Crippen molar-refractivity contribution in [2.75, 3.05) is 0 Å². The lowest BCUT2D eigenvalue weighted by molar-refractivity contribution is 0.729. The number of unbranched alkanes of at least 4 members (excludes halogenated alkanes) is 3. The first-order valence-electron chi connectivity index (χ1n) is 8.27. The largest absolute Gasteiger partial charge is 0.0760 e. The summed E-state index contributed by atoms with van der Waals surface area (Å²) in [6, 6.07) is 17.9. The number of hydrogen-bond donors (Lipinski definition) is 0. The molecule has 3 rings (SSSR count). The highest BCUT2D eigenvalue weighted by Crippen LogP contribution is 2.33. The molecule has 0 unspecified atom stereocenters. The maximum absolute atomic E-state index is 2.47. The second-order valence-electron chi connectivity index (χ2n) is 5.93. The zero-order valence-corrected chi connectivity index (χ0v) is 12.9. The van der Waals surface area contributed by atoms with Gasteiger partial charge >= 0.3 is 0 Å². The molecule has 0 spiro atoms. The van der Waals surface area contributed by atoms with Gasteiger partial charge < -0.3 is 0 Å². The van der Waals surface area contributed by atoms with Gasteiger partial charge in [0, 0.05) is 0 Å². The third-order valence-electron chi connectivity index (χ3n) is 4.43. The van der Waals surface area contributed by atoms with E-state index in [0.29, 0.717) is 0 Å². The molecule has 21 heavy (non-hydrogen) atoms. The van der Waals surface area contributed by atoms with E-state index in [4.69, 9.17) is 0 Å². The van der Waals surface area contributed by atoms with Crippen LogP contribution in [0.4, 0.5) is 0 Å². The standard InChI is InChI=1S/C21H24/c1-2-3-4-5-14-21-19-12-8-6-10-17(19)15-16-18-11-7-9-13-20(18)21/h6-14H,2-5,15-16H2,1H3. The van der Waals surface area contributed by atoms with Gasteiger partial charge in [-0.15, -0.1) is 0 Å². The van der Waals surface area contributed by atoms with Crippen molar-refractivity contribution in [3.63, 3.8) is 0 Å². The summed E-state index contributed by atoms with van der Waals surface area (Å²) in [5.74, 6) is 0. The Hall–Kier alpha value is -1.82. The molecule has 0 heterocycles. The van der Waals surface area contributed by atoms with Crippen molar-refractivity contribution in [1.82, 2.24) is 0 Å². The molecule has 2 aromatic carbocycles. The first kappa shape index (κ1) is 14.1. The van der Waals surface area contributed by atoms with E-state index < -0.39 is 0 Å². The fraction of sp³-hybridized carbons (Fsp3) is 0.333. The summed E-state index contributed by atoms with van der Waals surface area (Å²) >= 11 is 0. The Kier molecular flexibility index (Phi) is 4.55. The van der Waals surface area contributed by atoms with Crippen LogP contribution in [0.1, 0.15) is 54.9 Å². The van der Waals surface area contributed by atoms with Crippen LogP contribution >= 0.6 is 0 Å². The molecule has 0 saturated heterocycles. The number of fused-ring (bicyclic) bond motifs is 2. The molecule has 0 aliphatic heterocycles. The number of hydrogen-bond acceptors (Lipinski definition) is 0. The second kappa shape index (κ2) is 6.76. The molecule has 0 saturated carbocycles. The third kappa shape index (κ3) is 3.10.